The second kappa shape index (κ2) is 4.00. The van der Waals surface area contributed by atoms with Crippen molar-refractivity contribution in [2.45, 2.75) is 0 Å². The molecule has 1 heterocycles. The third-order valence-corrected chi connectivity index (χ3v) is 2.85. The molecule has 2 aromatic carbocycles. The number of phenolic OH excluding ortho intramolecular Hbond substituents is 1. The Bertz CT molecular complexity index is 761. The highest BCUT2D eigenvalue weighted by Crippen LogP contribution is 2.26. The molecule has 0 bridgehead atoms. The number of aromatic hydroxyl groups is 1. The monoisotopic (exact) mass is 238 g/mol. The number of para-hydroxylation sites is 1. The Morgan fingerprint density at radius 1 is 1.06 bits per heavy atom. The smallest absolute Gasteiger partial charge is 0.258 e. The largest absolute Gasteiger partial charge is 0.508 e. The van der Waals surface area contributed by atoms with Gasteiger partial charge in [-0.15, -0.1) is 0 Å². The van der Waals surface area contributed by atoms with Crippen LogP contribution in [0.2, 0.25) is 0 Å². The van der Waals surface area contributed by atoms with Crippen LogP contribution < -0.4 is 5.56 Å². The first-order valence-electron chi connectivity index (χ1n) is 5.51. The van der Waals surface area contributed by atoms with E-state index in [1.807, 2.05) is 12.1 Å². The van der Waals surface area contributed by atoms with E-state index >= 15 is 0 Å². The van der Waals surface area contributed by atoms with E-state index in [0.717, 1.165) is 11.1 Å². The van der Waals surface area contributed by atoms with Crippen molar-refractivity contribution in [3.8, 4) is 16.9 Å². The molecule has 0 radical (unpaired) electrons. The molecule has 1 aromatic heterocycles. The molecule has 0 spiro atoms. The van der Waals surface area contributed by atoms with E-state index in [2.05, 4.69) is 9.97 Å². The van der Waals surface area contributed by atoms with Gasteiger partial charge < -0.3 is 10.1 Å². The van der Waals surface area contributed by atoms with E-state index in [9.17, 15) is 9.90 Å². The Morgan fingerprint density at radius 3 is 2.61 bits per heavy atom. The van der Waals surface area contributed by atoms with Crippen LogP contribution in [0.4, 0.5) is 0 Å². The maximum Gasteiger partial charge on any atom is 0.258 e. The van der Waals surface area contributed by atoms with Gasteiger partial charge in [0, 0.05) is 5.56 Å². The Morgan fingerprint density at radius 2 is 1.83 bits per heavy atom. The molecule has 3 rings (SSSR count). The predicted octanol–water partition coefficient (Wildman–Crippen LogP) is 2.30. The molecule has 0 aliphatic rings. The normalized spacial score (nSPS) is 10.7. The van der Waals surface area contributed by atoms with Crippen molar-refractivity contribution in [1.82, 2.24) is 9.97 Å². The predicted molar refractivity (Wildman–Crippen MR) is 69.5 cm³/mol. The summed E-state index contributed by atoms with van der Waals surface area (Å²) in [5, 5.41) is 9.85. The summed E-state index contributed by atoms with van der Waals surface area (Å²) < 4.78 is 0. The lowest BCUT2D eigenvalue weighted by atomic mass is 10.0. The Hall–Kier alpha value is -2.62. The summed E-state index contributed by atoms with van der Waals surface area (Å²) in [7, 11) is 0. The lowest BCUT2D eigenvalue weighted by Gasteiger charge is -2.05. The number of hydrogen-bond donors (Lipinski definition) is 2. The zero-order chi connectivity index (χ0) is 12.5. The van der Waals surface area contributed by atoms with Crippen molar-refractivity contribution in [2.75, 3.05) is 0 Å². The summed E-state index contributed by atoms with van der Waals surface area (Å²) in [6.07, 6.45) is 1.40. The van der Waals surface area contributed by atoms with E-state index in [4.69, 9.17) is 0 Å². The highest BCUT2D eigenvalue weighted by Gasteiger charge is 2.06. The number of nitrogens with zero attached hydrogens (tertiary/aromatic N) is 1. The second-order valence-electron chi connectivity index (χ2n) is 3.98. The van der Waals surface area contributed by atoms with Gasteiger partial charge in [-0.2, -0.15) is 0 Å². The lowest BCUT2D eigenvalue weighted by molar-refractivity contribution is 0.475. The van der Waals surface area contributed by atoms with Gasteiger partial charge >= 0.3 is 0 Å². The molecule has 0 aliphatic carbocycles. The Kier molecular flexibility index (Phi) is 2.34. The van der Waals surface area contributed by atoms with Crippen LogP contribution >= 0.6 is 0 Å². The standard InChI is InChI=1S/C14H10N2O2/c17-10-6-4-9(5-7-10)11-2-1-3-12-13(11)15-8-16-14(12)18/h1-8,17H,(H,15,16,18). The van der Waals surface area contributed by atoms with Crippen molar-refractivity contribution in [2.24, 2.45) is 0 Å². The van der Waals surface area contributed by atoms with Crippen LogP contribution in [0.25, 0.3) is 22.0 Å². The summed E-state index contributed by atoms with van der Waals surface area (Å²) in [4.78, 5) is 18.5. The highest BCUT2D eigenvalue weighted by molar-refractivity contribution is 5.92. The fourth-order valence-corrected chi connectivity index (χ4v) is 1.97. The number of fused-ring (bicyclic) bond motifs is 1. The number of hydrogen-bond acceptors (Lipinski definition) is 3. The van der Waals surface area contributed by atoms with Crippen LogP contribution in [-0.4, -0.2) is 15.1 Å². The number of rotatable bonds is 1. The molecular weight excluding hydrogens is 228 g/mol. The molecule has 88 valence electrons. The summed E-state index contributed by atoms with van der Waals surface area (Å²) in [5.41, 5.74) is 2.29. The quantitative estimate of drug-likeness (QED) is 0.683. The van der Waals surface area contributed by atoms with Crippen molar-refractivity contribution < 1.29 is 5.11 Å². The van der Waals surface area contributed by atoms with Gasteiger partial charge in [0.25, 0.3) is 5.56 Å². The van der Waals surface area contributed by atoms with Gasteiger partial charge in [0.1, 0.15) is 5.75 Å². The minimum atomic E-state index is -0.152. The van der Waals surface area contributed by atoms with Crippen LogP contribution in [0, 0.1) is 0 Å². The van der Waals surface area contributed by atoms with Crippen LogP contribution in [0.5, 0.6) is 5.75 Å². The Balaban J connectivity index is 2.33. The lowest BCUT2D eigenvalue weighted by Crippen LogP contribution is -2.06. The van der Waals surface area contributed by atoms with Gasteiger partial charge in [-0.3, -0.25) is 4.79 Å². The molecule has 4 nitrogen and oxygen atoms in total. The zero-order valence-electron chi connectivity index (χ0n) is 9.42. The average Bonchev–Trinajstić information content (AvgIpc) is 2.40. The SMILES string of the molecule is O=c1[nH]cnc2c(-c3ccc(O)cc3)cccc12. The van der Waals surface area contributed by atoms with Gasteiger partial charge in [0.05, 0.1) is 17.2 Å². The van der Waals surface area contributed by atoms with Crippen LogP contribution in [0.3, 0.4) is 0 Å². The topological polar surface area (TPSA) is 66.0 Å². The summed E-state index contributed by atoms with van der Waals surface area (Å²) in [6.45, 7) is 0. The summed E-state index contributed by atoms with van der Waals surface area (Å²) >= 11 is 0. The number of H-pyrrole nitrogens is 1. The maximum absolute atomic E-state index is 11.7. The van der Waals surface area contributed by atoms with Gasteiger partial charge in [-0.05, 0) is 23.8 Å². The number of nitrogens with one attached hydrogen (secondary N) is 1. The molecule has 2 N–H and O–H groups in total. The van der Waals surface area contributed by atoms with Crippen LogP contribution in [0.15, 0.2) is 53.6 Å². The molecule has 0 saturated heterocycles. The van der Waals surface area contributed by atoms with E-state index in [-0.39, 0.29) is 11.3 Å². The van der Waals surface area contributed by atoms with Crippen LogP contribution in [0.1, 0.15) is 0 Å². The van der Waals surface area contributed by atoms with Crippen molar-refractivity contribution in [1.29, 1.82) is 0 Å². The van der Waals surface area contributed by atoms with Gasteiger partial charge in [-0.1, -0.05) is 24.3 Å². The molecular formula is C14H10N2O2. The molecule has 0 atom stereocenters. The highest BCUT2D eigenvalue weighted by atomic mass is 16.3. The van der Waals surface area contributed by atoms with Crippen molar-refractivity contribution in [3.63, 3.8) is 0 Å². The van der Waals surface area contributed by atoms with Gasteiger partial charge in [0.15, 0.2) is 0 Å². The number of aromatic amines is 1. The third kappa shape index (κ3) is 1.64. The van der Waals surface area contributed by atoms with Gasteiger partial charge in [0.2, 0.25) is 0 Å². The van der Waals surface area contributed by atoms with E-state index in [1.165, 1.54) is 6.33 Å². The molecule has 0 amide bonds. The van der Waals surface area contributed by atoms with E-state index < -0.39 is 0 Å². The third-order valence-electron chi connectivity index (χ3n) is 2.85. The number of benzene rings is 2. The minimum Gasteiger partial charge on any atom is -0.508 e. The summed E-state index contributed by atoms with van der Waals surface area (Å²) in [6, 6.07) is 12.3. The fourth-order valence-electron chi connectivity index (χ4n) is 1.97. The fraction of sp³-hybridized carbons (Fsp3) is 0. The molecule has 0 saturated carbocycles. The Labute approximate surface area is 103 Å². The van der Waals surface area contributed by atoms with E-state index in [1.54, 1.807) is 30.3 Å². The van der Waals surface area contributed by atoms with Gasteiger partial charge in [-0.25, -0.2) is 4.98 Å². The van der Waals surface area contributed by atoms with Crippen molar-refractivity contribution in [3.05, 3.63) is 59.1 Å². The number of phenols is 1. The minimum absolute atomic E-state index is 0.152. The molecule has 0 unspecified atom stereocenters. The molecule has 4 heteroatoms. The van der Waals surface area contributed by atoms with Crippen molar-refractivity contribution >= 4 is 10.9 Å². The molecule has 0 aliphatic heterocycles. The molecule has 0 fully saturated rings. The molecule has 3 aromatic rings. The maximum atomic E-state index is 11.7. The van der Waals surface area contributed by atoms with E-state index in [0.29, 0.717) is 10.9 Å². The first-order chi connectivity index (χ1) is 8.75. The number of aromatic nitrogens is 2. The molecule has 18 heavy (non-hydrogen) atoms. The first-order valence-corrected chi connectivity index (χ1v) is 5.51. The average molecular weight is 238 g/mol. The summed E-state index contributed by atoms with van der Waals surface area (Å²) in [5.74, 6) is 0.213. The first kappa shape index (κ1) is 10.5. The second-order valence-corrected chi connectivity index (χ2v) is 3.98. The van der Waals surface area contributed by atoms with Crippen LogP contribution in [-0.2, 0) is 0 Å². The zero-order valence-corrected chi connectivity index (χ0v) is 9.42.